The summed E-state index contributed by atoms with van der Waals surface area (Å²) in [4.78, 5) is 0. The summed E-state index contributed by atoms with van der Waals surface area (Å²) in [6.07, 6.45) is 0. The summed E-state index contributed by atoms with van der Waals surface area (Å²) in [6.45, 7) is 5.36. The van der Waals surface area contributed by atoms with Gasteiger partial charge in [0.15, 0.2) is 0 Å². The maximum absolute atomic E-state index is 13.1. The molecule has 0 atom stereocenters. The van der Waals surface area contributed by atoms with E-state index in [9.17, 15) is 21.6 Å². The molecule has 9 heteroatoms. The van der Waals surface area contributed by atoms with Gasteiger partial charge in [0.25, 0.3) is 0 Å². The van der Waals surface area contributed by atoms with Crippen LogP contribution in [0.2, 0.25) is 0 Å². The van der Waals surface area contributed by atoms with E-state index in [4.69, 9.17) is 7.25 Å². The van der Waals surface area contributed by atoms with Crippen molar-refractivity contribution in [1.29, 1.82) is 0 Å². The third-order valence-electron chi connectivity index (χ3n) is 4.17. The van der Waals surface area contributed by atoms with Gasteiger partial charge < -0.3 is 0 Å². The molecule has 0 amide bonds. The molecule has 0 aliphatic carbocycles. The van der Waals surface area contributed by atoms with Crippen molar-refractivity contribution in [2.45, 2.75) is 26.3 Å². The van der Waals surface area contributed by atoms with Gasteiger partial charge in [0.1, 0.15) is 0 Å². The molecule has 0 aliphatic heterocycles. The van der Waals surface area contributed by atoms with E-state index in [0.717, 1.165) is 5.56 Å². The second-order valence-corrected chi connectivity index (χ2v) is 13.1. The third-order valence-corrected chi connectivity index (χ3v) is 12.1. The van der Waals surface area contributed by atoms with Crippen LogP contribution in [-0.4, -0.2) is 13.9 Å². The summed E-state index contributed by atoms with van der Waals surface area (Å²) in [5.74, 6) is 1.08. The van der Waals surface area contributed by atoms with E-state index in [1.165, 1.54) is 0 Å². The average Bonchev–Trinajstić information content (AvgIpc) is 2.67. The molecule has 0 aliphatic rings. The number of ether oxygens (including phenoxy) is 1. The molecular weight excluding hydrogens is 544 g/mol. The molecule has 0 unspecified atom stereocenters. The van der Waals surface area contributed by atoms with Gasteiger partial charge in [-0.3, -0.25) is 0 Å². The van der Waals surface area contributed by atoms with E-state index in [1.807, 2.05) is 37.3 Å². The van der Waals surface area contributed by atoms with Crippen molar-refractivity contribution >= 4 is 30.4 Å². The number of alkyl halides is 3. The van der Waals surface area contributed by atoms with Gasteiger partial charge in [0.05, 0.1) is 0 Å². The van der Waals surface area contributed by atoms with Gasteiger partial charge in [-0.1, -0.05) is 0 Å². The molecule has 3 aromatic rings. The normalized spacial score (nSPS) is 12.5. The van der Waals surface area contributed by atoms with Crippen LogP contribution in [0, 0.1) is 27.9 Å². The molecule has 166 valence electrons. The van der Waals surface area contributed by atoms with Crippen molar-refractivity contribution in [3.8, 4) is 11.5 Å². The SMILES string of the molecule is Cc1cc(C)c(I(OS(=O)(=O)C(F)(F)F)c2ccc(Oc3ccccc3)cc2)c(C)c1. The Labute approximate surface area is 187 Å². The van der Waals surface area contributed by atoms with Gasteiger partial charge in [0.2, 0.25) is 0 Å². The van der Waals surface area contributed by atoms with Crippen LogP contribution in [0.1, 0.15) is 16.7 Å². The van der Waals surface area contributed by atoms with Crippen LogP contribution in [0.3, 0.4) is 0 Å². The fourth-order valence-electron chi connectivity index (χ4n) is 2.97. The quantitative estimate of drug-likeness (QED) is 0.246. The first-order chi connectivity index (χ1) is 14.5. The van der Waals surface area contributed by atoms with Crippen molar-refractivity contribution in [2.24, 2.45) is 0 Å². The Morgan fingerprint density at radius 2 is 1.32 bits per heavy atom. The number of aryl methyl sites for hydroxylation is 3. The summed E-state index contributed by atoms with van der Waals surface area (Å²) >= 11 is -3.47. The first-order valence-electron chi connectivity index (χ1n) is 9.10. The van der Waals surface area contributed by atoms with Crippen molar-refractivity contribution in [3.05, 3.63) is 90.6 Å². The summed E-state index contributed by atoms with van der Waals surface area (Å²) in [5.41, 5.74) is -3.17. The number of hydrogen-bond acceptors (Lipinski definition) is 4. The molecule has 0 fully saturated rings. The monoisotopic (exact) mass is 564 g/mol. The summed E-state index contributed by atoms with van der Waals surface area (Å²) < 4.78 is 74.6. The molecule has 0 spiro atoms. The fraction of sp³-hybridized carbons (Fsp3) is 0.182. The Morgan fingerprint density at radius 3 is 1.84 bits per heavy atom. The predicted molar refractivity (Wildman–Crippen MR) is 121 cm³/mol. The molecule has 0 aromatic heterocycles. The van der Waals surface area contributed by atoms with Gasteiger partial charge in [-0.15, -0.1) is 0 Å². The van der Waals surface area contributed by atoms with Gasteiger partial charge >= 0.3 is 188 Å². The Bertz CT molecular complexity index is 1140. The van der Waals surface area contributed by atoms with Gasteiger partial charge in [-0.2, -0.15) is 0 Å². The zero-order valence-electron chi connectivity index (χ0n) is 16.9. The molecule has 3 aromatic carbocycles. The van der Waals surface area contributed by atoms with Gasteiger partial charge in [0, 0.05) is 0 Å². The zero-order chi connectivity index (χ0) is 22.8. The summed E-state index contributed by atoms with van der Waals surface area (Å²) in [6, 6.07) is 18.9. The maximum atomic E-state index is 13.1. The van der Waals surface area contributed by atoms with Crippen molar-refractivity contribution in [1.82, 2.24) is 0 Å². The first-order valence-corrected chi connectivity index (χ1v) is 13.5. The number of benzene rings is 3. The standard InChI is InChI=1S/C22H20F3IO4S/c1-15-13-16(2)21(17(3)14-15)26(30-31(27,28)22(23,24)25)18-9-11-20(12-10-18)29-19-7-5-4-6-8-19/h4-14H,1-3H3. The molecule has 0 heterocycles. The minimum atomic E-state index is -5.76. The van der Waals surface area contributed by atoms with E-state index in [0.29, 0.717) is 29.8 Å². The Hall–Kier alpha value is -2.11. The number of rotatable bonds is 6. The molecule has 4 nitrogen and oxygen atoms in total. The molecule has 31 heavy (non-hydrogen) atoms. The van der Waals surface area contributed by atoms with Crippen LogP contribution in [0.5, 0.6) is 11.5 Å². The van der Waals surface area contributed by atoms with E-state index in [1.54, 1.807) is 50.2 Å². The summed E-state index contributed by atoms with van der Waals surface area (Å²) in [5, 5.41) is 0. The topological polar surface area (TPSA) is 52.6 Å². The van der Waals surface area contributed by atoms with Crippen LogP contribution in [0.25, 0.3) is 0 Å². The van der Waals surface area contributed by atoms with Crippen LogP contribution in [0.15, 0.2) is 66.7 Å². The first kappa shape index (κ1) is 23.6. The molecule has 0 N–H and O–H groups in total. The zero-order valence-corrected chi connectivity index (χ0v) is 19.9. The second kappa shape index (κ2) is 9.17. The van der Waals surface area contributed by atoms with Crippen LogP contribution in [-0.2, 0) is 12.6 Å². The van der Waals surface area contributed by atoms with Gasteiger partial charge in [-0.25, -0.2) is 0 Å². The van der Waals surface area contributed by atoms with E-state index in [-0.39, 0.29) is 0 Å². The molecule has 0 radical (unpaired) electrons. The predicted octanol–water partition coefficient (Wildman–Crippen LogP) is 6.73. The van der Waals surface area contributed by atoms with Crippen LogP contribution < -0.4 is 4.74 Å². The molecule has 0 saturated carbocycles. The van der Waals surface area contributed by atoms with Crippen LogP contribution >= 0.6 is 20.2 Å². The molecule has 0 saturated heterocycles. The van der Waals surface area contributed by atoms with E-state index >= 15 is 0 Å². The van der Waals surface area contributed by atoms with E-state index in [2.05, 4.69) is 0 Å². The van der Waals surface area contributed by atoms with E-state index < -0.39 is 35.9 Å². The summed E-state index contributed by atoms with van der Waals surface area (Å²) in [7, 11) is -5.76. The molecular formula is C22H20F3IO4S. The Kier molecular flexibility index (Phi) is 6.97. The number of halogens is 4. The Balaban J connectivity index is 2.03. The number of hydrogen-bond donors (Lipinski definition) is 0. The fourth-order valence-corrected chi connectivity index (χ4v) is 10.0. The number of para-hydroxylation sites is 1. The van der Waals surface area contributed by atoms with Crippen molar-refractivity contribution in [2.75, 3.05) is 0 Å². The second-order valence-electron chi connectivity index (χ2n) is 6.79. The molecule has 3 rings (SSSR count). The van der Waals surface area contributed by atoms with Gasteiger partial charge in [-0.05, 0) is 0 Å². The Morgan fingerprint density at radius 1 is 0.806 bits per heavy atom. The molecule has 0 bridgehead atoms. The van der Waals surface area contributed by atoms with Crippen molar-refractivity contribution in [3.63, 3.8) is 0 Å². The minimum absolute atomic E-state index is 0.410. The average molecular weight is 564 g/mol. The van der Waals surface area contributed by atoms with Crippen molar-refractivity contribution < 1.29 is 28.8 Å². The van der Waals surface area contributed by atoms with Crippen LogP contribution in [0.4, 0.5) is 13.2 Å². The third kappa shape index (κ3) is 5.58.